The van der Waals surface area contributed by atoms with E-state index in [0.717, 1.165) is 44.2 Å². The van der Waals surface area contributed by atoms with Crippen LogP contribution in [0.2, 0.25) is 0 Å². The maximum absolute atomic E-state index is 12.7. The van der Waals surface area contributed by atoms with Crippen molar-refractivity contribution in [2.24, 2.45) is 5.92 Å². The van der Waals surface area contributed by atoms with E-state index in [9.17, 15) is 4.79 Å². The minimum atomic E-state index is -0.232. The molecule has 1 unspecified atom stereocenters. The number of carbonyl (C=O) groups excluding carboxylic acids is 1. The van der Waals surface area contributed by atoms with Crippen LogP contribution in [0.3, 0.4) is 0 Å². The second-order valence-electron chi connectivity index (χ2n) is 9.92. The number of hydrogen-bond donors (Lipinski definition) is 1. The van der Waals surface area contributed by atoms with Gasteiger partial charge in [0.25, 0.3) is 5.91 Å². The average molecular weight is 499 g/mol. The second-order valence-corrected chi connectivity index (χ2v) is 9.92. The highest BCUT2D eigenvalue weighted by Gasteiger charge is 2.28. The number of para-hydroxylation sites is 1. The van der Waals surface area contributed by atoms with Crippen LogP contribution in [-0.2, 0) is 19.5 Å². The molecule has 2 aromatic carbocycles. The molecule has 0 fully saturated rings. The molecule has 8 nitrogen and oxygen atoms in total. The third kappa shape index (κ3) is 5.59. The number of aromatic nitrogens is 3. The summed E-state index contributed by atoms with van der Waals surface area (Å²) in [4.78, 5) is 17.4. The summed E-state index contributed by atoms with van der Waals surface area (Å²) in [6.07, 6.45) is 3.79. The Kier molecular flexibility index (Phi) is 7.37. The van der Waals surface area contributed by atoms with Gasteiger partial charge in [-0.2, -0.15) is 0 Å². The predicted octanol–water partition coefficient (Wildman–Crippen LogP) is 4.82. The lowest BCUT2D eigenvalue weighted by molar-refractivity contribution is 0.0921. The number of rotatable bonds is 8. The molecule has 1 aliphatic heterocycles. The third-order valence-corrected chi connectivity index (χ3v) is 7.04. The van der Waals surface area contributed by atoms with Crippen molar-refractivity contribution < 1.29 is 9.21 Å². The van der Waals surface area contributed by atoms with Crippen LogP contribution in [0.15, 0.2) is 77.6 Å². The summed E-state index contributed by atoms with van der Waals surface area (Å²) >= 11 is 0. The normalized spacial score (nSPS) is 14.7. The number of benzene rings is 2. The first-order chi connectivity index (χ1) is 18.0. The number of furan rings is 1. The van der Waals surface area contributed by atoms with Gasteiger partial charge in [0.2, 0.25) is 0 Å². The number of fused-ring (bicyclic) bond motifs is 1. The summed E-state index contributed by atoms with van der Waals surface area (Å²) in [5, 5.41) is 12.1. The average Bonchev–Trinajstić information content (AvgIpc) is 3.56. The van der Waals surface area contributed by atoms with Gasteiger partial charge >= 0.3 is 0 Å². The fourth-order valence-corrected chi connectivity index (χ4v) is 4.81. The lowest BCUT2D eigenvalue weighted by Crippen LogP contribution is -2.34. The molecule has 0 saturated carbocycles. The quantitative estimate of drug-likeness (QED) is 0.375. The molecule has 0 radical (unpaired) electrons. The van der Waals surface area contributed by atoms with Crippen molar-refractivity contribution in [1.82, 2.24) is 25.0 Å². The van der Waals surface area contributed by atoms with Crippen LogP contribution in [0, 0.1) is 5.92 Å². The Morgan fingerprint density at radius 3 is 2.46 bits per heavy atom. The smallest absolute Gasteiger partial charge is 0.255 e. The zero-order valence-corrected chi connectivity index (χ0v) is 21.7. The molecule has 1 amide bonds. The number of anilines is 2. The van der Waals surface area contributed by atoms with Crippen molar-refractivity contribution >= 4 is 17.3 Å². The monoisotopic (exact) mass is 498 g/mol. The maximum atomic E-state index is 12.7. The summed E-state index contributed by atoms with van der Waals surface area (Å²) in [6, 6.07) is 20.6. The second kappa shape index (κ2) is 11.0. The fourth-order valence-electron chi connectivity index (χ4n) is 4.81. The molecule has 1 atom stereocenters. The molecule has 3 heterocycles. The molecule has 0 bridgehead atoms. The van der Waals surface area contributed by atoms with E-state index in [0.29, 0.717) is 5.56 Å². The summed E-state index contributed by atoms with van der Waals surface area (Å²) in [5.74, 6) is 1.79. The van der Waals surface area contributed by atoms with E-state index in [2.05, 4.69) is 99.3 Å². The first kappa shape index (κ1) is 24.8. The molecule has 8 heteroatoms. The van der Waals surface area contributed by atoms with E-state index < -0.39 is 0 Å². The Hall–Kier alpha value is -3.91. The predicted molar refractivity (Wildman–Crippen MR) is 144 cm³/mol. The molecule has 1 aliphatic rings. The van der Waals surface area contributed by atoms with Crippen molar-refractivity contribution in [3.63, 3.8) is 0 Å². The molecule has 0 spiro atoms. The Balaban J connectivity index is 1.24. The van der Waals surface area contributed by atoms with Gasteiger partial charge in [0.1, 0.15) is 12.1 Å². The van der Waals surface area contributed by atoms with Gasteiger partial charge in [0.05, 0.1) is 17.9 Å². The molecular weight excluding hydrogens is 464 g/mol. The van der Waals surface area contributed by atoms with Crippen LogP contribution >= 0.6 is 0 Å². The lowest BCUT2D eigenvalue weighted by Gasteiger charge is -2.23. The topological polar surface area (TPSA) is 79.4 Å². The summed E-state index contributed by atoms with van der Waals surface area (Å²) in [7, 11) is 2.09. The molecule has 5 rings (SSSR count). The summed E-state index contributed by atoms with van der Waals surface area (Å²) in [6.45, 7) is 7.65. The van der Waals surface area contributed by atoms with Gasteiger partial charge < -0.3 is 19.2 Å². The van der Waals surface area contributed by atoms with E-state index >= 15 is 0 Å². The Morgan fingerprint density at radius 1 is 1.00 bits per heavy atom. The number of nitrogens with zero attached hydrogens (tertiary/aromatic N) is 5. The van der Waals surface area contributed by atoms with Gasteiger partial charge in [0, 0.05) is 51.0 Å². The van der Waals surface area contributed by atoms with Crippen molar-refractivity contribution in [2.45, 2.75) is 39.4 Å². The van der Waals surface area contributed by atoms with Crippen LogP contribution in [0.1, 0.15) is 47.5 Å². The van der Waals surface area contributed by atoms with Crippen LogP contribution in [0.5, 0.6) is 0 Å². The van der Waals surface area contributed by atoms with E-state index in [1.807, 2.05) is 6.07 Å². The van der Waals surface area contributed by atoms with Crippen molar-refractivity contribution in [3.8, 4) is 0 Å². The van der Waals surface area contributed by atoms with E-state index in [1.165, 1.54) is 29.5 Å². The summed E-state index contributed by atoms with van der Waals surface area (Å²) < 4.78 is 7.27. The van der Waals surface area contributed by atoms with Crippen molar-refractivity contribution in [2.75, 3.05) is 25.0 Å². The fraction of sp³-hybridized carbons (Fsp3) is 0.345. The van der Waals surface area contributed by atoms with Crippen molar-refractivity contribution in [1.29, 1.82) is 0 Å². The zero-order chi connectivity index (χ0) is 25.8. The number of hydrogen-bond acceptors (Lipinski definition) is 6. The van der Waals surface area contributed by atoms with Crippen LogP contribution in [-0.4, -0.2) is 45.7 Å². The third-order valence-electron chi connectivity index (χ3n) is 7.04. The maximum Gasteiger partial charge on any atom is 0.255 e. The highest BCUT2D eigenvalue weighted by Crippen LogP contribution is 2.25. The minimum Gasteiger partial charge on any atom is -0.472 e. The minimum absolute atomic E-state index is 0.163. The molecule has 37 heavy (non-hydrogen) atoms. The molecule has 2 aromatic heterocycles. The van der Waals surface area contributed by atoms with Gasteiger partial charge in [-0.15, -0.1) is 10.2 Å². The standard InChI is InChI=1S/C29H34N6O2/c1-21(2)27(30-29(36)23-14-18-37-20-23)28-32-31-26-13-15-34(16-17-35(26)28)19-22-9-11-25(12-10-22)33(3)24-7-5-4-6-8-24/h4-12,14,18,20-21,27H,13,15-17,19H2,1-3H3,(H,30,36). The first-order valence-corrected chi connectivity index (χ1v) is 12.8. The Morgan fingerprint density at radius 2 is 1.76 bits per heavy atom. The molecule has 0 saturated heterocycles. The van der Waals surface area contributed by atoms with E-state index in [1.54, 1.807) is 6.07 Å². The van der Waals surface area contributed by atoms with Gasteiger partial charge in [-0.05, 0) is 41.8 Å². The van der Waals surface area contributed by atoms with Gasteiger partial charge in [0.15, 0.2) is 5.82 Å². The first-order valence-electron chi connectivity index (χ1n) is 12.8. The molecule has 192 valence electrons. The molecule has 4 aromatic rings. The van der Waals surface area contributed by atoms with Gasteiger partial charge in [-0.3, -0.25) is 9.69 Å². The highest BCUT2D eigenvalue weighted by atomic mass is 16.3. The molecule has 0 aliphatic carbocycles. The number of carbonyl (C=O) groups is 1. The van der Waals surface area contributed by atoms with Gasteiger partial charge in [-0.25, -0.2) is 0 Å². The SMILES string of the molecule is CC(C)C(NC(=O)c1ccoc1)c1nnc2n1CCN(Cc1ccc(N(C)c3ccccc3)cc1)CC2. The largest absolute Gasteiger partial charge is 0.472 e. The Bertz CT molecular complexity index is 1300. The van der Waals surface area contributed by atoms with Gasteiger partial charge in [-0.1, -0.05) is 44.2 Å². The Labute approximate surface area is 217 Å². The number of amides is 1. The highest BCUT2D eigenvalue weighted by molar-refractivity contribution is 5.94. The summed E-state index contributed by atoms with van der Waals surface area (Å²) in [5.41, 5.74) is 4.13. The lowest BCUT2D eigenvalue weighted by atomic mass is 10.0. The molecule has 1 N–H and O–H groups in total. The van der Waals surface area contributed by atoms with Crippen LogP contribution in [0.4, 0.5) is 11.4 Å². The zero-order valence-electron chi connectivity index (χ0n) is 21.7. The van der Waals surface area contributed by atoms with E-state index in [-0.39, 0.29) is 17.9 Å². The van der Waals surface area contributed by atoms with Crippen LogP contribution in [0.25, 0.3) is 0 Å². The molecular formula is C29H34N6O2. The van der Waals surface area contributed by atoms with E-state index in [4.69, 9.17) is 4.42 Å². The van der Waals surface area contributed by atoms with Crippen molar-refractivity contribution in [3.05, 3.63) is 96.0 Å². The number of nitrogens with one attached hydrogen (secondary N) is 1. The van der Waals surface area contributed by atoms with Crippen LogP contribution < -0.4 is 10.2 Å².